The number of rotatable bonds is 4. The van der Waals surface area contributed by atoms with Crippen molar-refractivity contribution in [2.75, 3.05) is 32.8 Å². The Morgan fingerprint density at radius 3 is 2.64 bits per heavy atom. The summed E-state index contributed by atoms with van der Waals surface area (Å²) in [6.45, 7) is 8.57. The highest BCUT2D eigenvalue weighted by Crippen LogP contribution is 2.39. The number of hydrogen-bond acceptors (Lipinski definition) is 3. The van der Waals surface area contributed by atoms with E-state index in [-0.39, 0.29) is 30.5 Å². The molecule has 22 heavy (non-hydrogen) atoms. The van der Waals surface area contributed by atoms with Crippen molar-refractivity contribution >= 4 is 23.3 Å². The second kappa shape index (κ2) is 7.01. The number of aromatic nitrogens is 1. The number of aromatic amines is 1. The molecule has 2 aromatic rings. The molecule has 1 aliphatic rings. The van der Waals surface area contributed by atoms with Gasteiger partial charge in [-0.1, -0.05) is 26.0 Å². The minimum atomic E-state index is -0.169. The van der Waals surface area contributed by atoms with Crippen molar-refractivity contribution in [1.82, 2.24) is 15.2 Å². The number of benzene rings is 1. The lowest BCUT2D eigenvalue weighted by Crippen LogP contribution is -2.49. The molecule has 0 spiro atoms. The number of H-pyrrole nitrogens is 1. The molecular formula is C17H26ClN3O. The van der Waals surface area contributed by atoms with Crippen LogP contribution < -0.4 is 5.32 Å². The van der Waals surface area contributed by atoms with Crippen molar-refractivity contribution in [3.63, 3.8) is 0 Å². The van der Waals surface area contributed by atoms with Crippen molar-refractivity contribution in [3.05, 3.63) is 36.0 Å². The summed E-state index contributed by atoms with van der Waals surface area (Å²) in [5, 5.41) is 14.5. The third-order valence-corrected chi connectivity index (χ3v) is 4.56. The molecule has 3 N–H and O–H groups in total. The van der Waals surface area contributed by atoms with Crippen LogP contribution in [0.5, 0.6) is 0 Å². The second-order valence-corrected chi connectivity index (χ2v) is 6.66. The molecule has 0 saturated carbocycles. The van der Waals surface area contributed by atoms with Crippen LogP contribution in [0.25, 0.3) is 10.9 Å². The minimum absolute atomic E-state index is 0. The number of nitrogens with zero attached hydrogens (tertiary/aromatic N) is 1. The van der Waals surface area contributed by atoms with Gasteiger partial charge in [-0.2, -0.15) is 0 Å². The summed E-state index contributed by atoms with van der Waals surface area (Å²) in [6, 6.07) is 8.94. The van der Waals surface area contributed by atoms with Gasteiger partial charge >= 0.3 is 0 Å². The summed E-state index contributed by atoms with van der Waals surface area (Å²) >= 11 is 0. The molecule has 0 bridgehead atoms. The molecule has 1 saturated heterocycles. The van der Waals surface area contributed by atoms with Gasteiger partial charge in [0.1, 0.15) is 0 Å². The van der Waals surface area contributed by atoms with Crippen molar-refractivity contribution in [3.8, 4) is 0 Å². The third kappa shape index (κ3) is 3.30. The van der Waals surface area contributed by atoms with Crippen LogP contribution in [0.4, 0.5) is 0 Å². The van der Waals surface area contributed by atoms with E-state index in [0.29, 0.717) is 0 Å². The number of nitrogens with one attached hydrogen (secondary N) is 2. The number of halogens is 1. The van der Waals surface area contributed by atoms with Crippen LogP contribution in [0.1, 0.15) is 25.5 Å². The maximum Gasteiger partial charge on any atom is 0.0500 e. The monoisotopic (exact) mass is 323 g/mol. The lowest BCUT2D eigenvalue weighted by atomic mass is 9.79. The molecule has 4 nitrogen and oxygen atoms in total. The number of piperazine rings is 1. The van der Waals surface area contributed by atoms with Crippen LogP contribution in [0.3, 0.4) is 0 Å². The summed E-state index contributed by atoms with van der Waals surface area (Å²) in [4.78, 5) is 5.79. The van der Waals surface area contributed by atoms with Crippen molar-refractivity contribution in [2.24, 2.45) is 5.41 Å². The molecule has 1 atom stereocenters. The van der Waals surface area contributed by atoms with Crippen molar-refractivity contribution in [1.29, 1.82) is 0 Å². The van der Waals surface area contributed by atoms with Gasteiger partial charge in [0.15, 0.2) is 0 Å². The maximum absolute atomic E-state index is 9.88. The lowest BCUT2D eigenvalue weighted by Gasteiger charge is -2.43. The molecular weight excluding hydrogens is 298 g/mol. The fourth-order valence-corrected chi connectivity index (χ4v) is 3.42. The van der Waals surface area contributed by atoms with Crippen molar-refractivity contribution < 1.29 is 5.11 Å². The standard InChI is InChI=1S/C17H25N3O.ClH/c1-17(2,12-21)16(20-9-7-18-8-10-20)14-4-3-13-5-6-19-15(13)11-14;/h3-6,11,16,18-19,21H,7-10,12H2,1-2H3;1H/t16-;/m0./s1. The largest absolute Gasteiger partial charge is 0.396 e. The highest BCUT2D eigenvalue weighted by molar-refractivity contribution is 5.85. The number of hydrogen-bond donors (Lipinski definition) is 3. The Labute approximate surface area is 138 Å². The molecule has 2 heterocycles. The molecule has 3 rings (SSSR count). The smallest absolute Gasteiger partial charge is 0.0500 e. The fraction of sp³-hybridized carbons (Fsp3) is 0.529. The number of aliphatic hydroxyl groups is 1. The van der Waals surface area contributed by atoms with Gasteiger partial charge in [0.25, 0.3) is 0 Å². The third-order valence-electron chi connectivity index (χ3n) is 4.56. The van der Waals surface area contributed by atoms with Crippen LogP contribution in [0.15, 0.2) is 30.5 Å². The van der Waals surface area contributed by atoms with Crippen LogP contribution in [-0.4, -0.2) is 47.8 Å². The Bertz CT molecular complexity index is 605. The van der Waals surface area contributed by atoms with E-state index in [4.69, 9.17) is 0 Å². The first-order valence-corrected chi connectivity index (χ1v) is 7.74. The fourth-order valence-electron chi connectivity index (χ4n) is 3.42. The minimum Gasteiger partial charge on any atom is -0.396 e. The SMILES string of the molecule is CC(C)(CO)[C@H](c1ccc2cc[nH]c2c1)N1CCNCC1.Cl. The molecule has 1 aromatic heterocycles. The quantitative estimate of drug-likeness (QED) is 0.810. The Morgan fingerprint density at radius 2 is 1.95 bits per heavy atom. The Balaban J connectivity index is 0.00000176. The molecule has 1 aliphatic heterocycles. The summed E-state index contributed by atoms with van der Waals surface area (Å²) in [6.07, 6.45) is 1.98. The predicted octanol–water partition coefficient (Wildman–Crippen LogP) is 2.55. The predicted molar refractivity (Wildman–Crippen MR) is 93.6 cm³/mol. The van der Waals surface area contributed by atoms with Gasteiger partial charge in [-0.15, -0.1) is 12.4 Å². The van der Waals surface area contributed by atoms with Gasteiger partial charge in [-0.05, 0) is 23.1 Å². The molecule has 0 unspecified atom stereocenters. The van der Waals surface area contributed by atoms with E-state index in [1.807, 2.05) is 6.20 Å². The Kier molecular flexibility index (Phi) is 5.50. The summed E-state index contributed by atoms with van der Waals surface area (Å²) in [7, 11) is 0. The van der Waals surface area contributed by atoms with Gasteiger partial charge in [0, 0.05) is 56.0 Å². The van der Waals surface area contributed by atoms with E-state index in [2.05, 4.69) is 53.3 Å². The first kappa shape index (κ1) is 17.3. The molecule has 0 radical (unpaired) electrons. The van der Waals surface area contributed by atoms with E-state index < -0.39 is 0 Å². The molecule has 0 amide bonds. The average molecular weight is 324 g/mol. The highest BCUT2D eigenvalue weighted by Gasteiger charge is 2.35. The van der Waals surface area contributed by atoms with E-state index in [1.165, 1.54) is 16.5 Å². The zero-order valence-electron chi connectivity index (χ0n) is 13.3. The topological polar surface area (TPSA) is 51.3 Å². The van der Waals surface area contributed by atoms with E-state index in [1.54, 1.807) is 0 Å². The van der Waals surface area contributed by atoms with Crippen LogP contribution in [0, 0.1) is 5.41 Å². The zero-order chi connectivity index (χ0) is 14.9. The second-order valence-electron chi connectivity index (χ2n) is 6.66. The van der Waals surface area contributed by atoms with Crippen LogP contribution in [-0.2, 0) is 0 Å². The Hall–Kier alpha value is -1.07. The summed E-state index contributed by atoms with van der Waals surface area (Å²) in [5.74, 6) is 0. The highest BCUT2D eigenvalue weighted by atomic mass is 35.5. The Morgan fingerprint density at radius 1 is 1.23 bits per heavy atom. The van der Waals surface area contributed by atoms with Crippen LogP contribution in [0.2, 0.25) is 0 Å². The average Bonchev–Trinajstić information content (AvgIpc) is 2.96. The van der Waals surface area contributed by atoms with Crippen LogP contribution >= 0.6 is 12.4 Å². The first-order valence-electron chi connectivity index (χ1n) is 7.74. The summed E-state index contributed by atoms with van der Waals surface area (Å²) in [5.41, 5.74) is 2.28. The lowest BCUT2D eigenvalue weighted by molar-refractivity contribution is 0.0306. The molecule has 0 aliphatic carbocycles. The molecule has 1 fully saturated rings. The number of aliphatic hydroxyl groups excluding tert-OH is 1. The summed E-state index contributed by atoms with van der Waals surface area (Å²) < 4.78 is 0. The van der Waals surface area contributed by atoms with Gasteiger partial charge in [0.05, 0.1) is 0 Å². The normalized spacial score (nSPS) is 18.1. The molecule has 1 aromatic carbocycles. The van der Waals surface area contributed by atoms with E-state index >= 15 is 0 Å². The zero-order valence-corrected chi connectivity index (χ0v) is 14.1. The molecule has 5 heteroatoms. The number of fused-ring (bicyclic) bond motifs is 1. The first-order chi connectivity index (χ1) is 10.1. The van der Waals surface area contributed by atoms with E-state index in [0.717, 1.165) is 26.2 Å². The maximum atomic E-state index is 9.88. The molecule has 122 valence electrons. The van der Waals surface area contributed by atoms with E-state index in [9.17, 15) is 5.11 Å². The van der Waals surface area contributed by atoms with Gasteiger partial charge in [0.2, 0.25) is 0 Å². The van der Waals surface area contributed by atoms with Crippen molar-refractivity contribution in [2.45, 2.75) is 19.9 Å². The van der Waals surface area contributed by atoms with Gasteiger partial charge < -0.3 is 15.4 Å². The van der Waals surface area contributed by atoms with Gasteiger partial charge in [-0.3, -0.25) is 4.90 Å². The van der Waals surface area contributed by atoms with Gasteiger partial charge in [-0.25, -0.2) is 0 Å².